The molecule has 5 atom stereocenters. The van der Waals surface area contributed by atoms with E-state index in [-0.39, 0.29) is 6.10 Å². The number of hydrogen-bond donors (Lipinski definition) is 1. The van der Waals surface area contributed by atoms with Crippen LogP contribution in [0.4, 0.5) is 11.4 Å². The number of aliphatic hydroxyl groups is 1. The summed E-state index contributed by atoms with van der Waals surface area (Å²) in [6, 6.07) is 15.2. The lowest BCUT2D eigenvalue weighted by atomic mass is 9.75. The van der Waals surface area contributed by atoms with E-state index in [0.29, 0.717) is 28.6 Å². The fourth-order valence-corrected chi connectivity index (χ4v) is 7.09. The smallest absolute Gasteiger partial charge is 0.264 e. The Balaban J connectivity index is 2.02. The third-order valence-electron chi connectivity index (χ3n) is 7.01. The SMILES string of the molecule is CC(C)[C@H]1CC[C@H](C)C[C@H]1O[P@](=O)(c1ccc(N(C)C)cc1)[C@H](O)c1ccc(N(C)C)cc1. The molecule has 0 aromatic heterocycles. The van der Waals surface area contributed by atoms with E-state index >= 15 is 0 Å². The van der Waals surface area contributed by atoms with Crippen LogP contribution >= 0.6 is 7.37 Å². The lowest BCUT2D eigenvalue weighted by Gasteiger charge is -2.40. The number of anilines is 2. The van der Waals surface area contributed by atoms with Crippen molar-refractivity contribution in [2.45, 2.75) is 52.0 Å². The first-order chi connectivity index (χ1) is 15.5. The summed E-state index contributed by atoms with van der Waals surface area (Å²) in [5.74, 6) is 0.0672. The molecule has 0 spiro atoms. The first-order valence-corrected chi connectivity index (χ1v) is 13.7. The highest BCUT2D eigenvalue weighted by molar-refractivity contribution is 7.67. The molecule has 0 heterocycles. The van der Waals surface area contributed by atoms with E-state index in [1.807, 2.05) is 86.5 Å². The molecule has 6 heteroatoms. The topological polar surface area (TPSA) is 53.0 Å². The predicted octanol–water partition coefficient (Wildman–Crippen LogP) is 5.89. The van der Waals surface area contributed by atoms with Crippen molar-refractivity contribution < 1.29 is 14.2 Å². The van der Waals surface area contributed by atoms with Crippen molar-refractivity contribution >= 4 is 24.0 Å². The third kappa shape index (κ3) is 5.82. The van der Waals surface area contributed by atoms with Gasteiger partial charge in [0.25, 0.3) is 7.37 Å². The highest BCUT2D eigenvalue weighted by Gasteiger charge is 2.42. The molecule has 182 valence electrons. The molecule has 1 fully saturated rings. The van der Waals surface area contributed by atoms with E-state index in [4.69, 9.17) is 4.52 Å². The van der Waals surface area contributed by atoms with Crippen LogP contribution in [0.1, 0.15) is 51.4 Å². The van der Waals surface area contributed by atoms with E-state index in [1.165, 1.54) is 6.42 Å². The Bertz CT molecular complexity index is 941. The monoisotopic (exact) mass is 472 g/mol. The Kier molecular flexibility index (Phi) is 8.31. The Morgan fingerprint density at radius 3 is 1.91 bits per heavy atom. The van der Waals surface area contributed by atoms with Gasteiger partial charge in [-0.15, -0.1) is 0 Å². The van der Waals surface area contributed by atoms with E-state index in [1.54, 1.807) is 0 Å². The molecule has 1 aliphatic rings. The van der Waals surface area contributed by atoms with Gasteiger partial charge in [-0.25, -0.2) is 0 Å². The summed E-state index contributed by atoms with van der Waals surface area (Å²) in [5.41, 5.74) is 2.66. The zero-order valence-electron chi connectivity index (χ0n) is 21.2. The molecular weight excluding hydrogens is 431 g/mol. The Morgan fingerprint density at radius 2 is 1.42 bits per heavy atom. The molecule has 0 saturated heterocycles. The normalized spacial score (nSPS) is 23.7. The second-order valence-corrected chi connectivity index (χ2v) is 12.7. The second kappa shape index (κ2) is 10.6. The maximum Gasteiger partial charge on any atom is 0.264 e. The lowest BCUT2D eigenvalue weighted by molar-refractivity contribution is 0.0427. The minimum Gasteiger partial charge on any atom is -0.378 e. The van der Waals surface area contributed by atoms with Gasteiger partial charge in [-0.1, -0.05) is 39.3 Å². The van der Waals surface area contributed by atoms with Crippen LogP contribution in [0, 0.1) is 17.8 Å². The molecule has 3 rings (SSSR count). The summed E-state index contributed by atoms with van der Waals surface area (Å²) in [7, 11) is 4.28. The zero-order valence-corrected chi connectivity index (χ0v) is 22.1. The quantitative estimate of drug-likeness (QED) is 0.486. The minimum absolute atomic E-state index is 0.135. The predicted molar refractivity (Wildman–Crippen MR) is 140 cm³/mol. The van der Waals surface area contributed by atoms with E-state index in [2.05, 4.69) is 20.8 Å². The first-order valence-electron chi connectivity index (χ1n) is 12.0. The van der Waals surface area contributed by atoms with Crippen molar-refractivity contribution in [3.05, 3.63) is 54.1 Å². The van der Waals surface area contributed by atoms with Crippen LogP contribution < -0.4 is 15.1 Å². The van der Waals surface area contributed by atoms with Gasteiger partial charge in [0, 0.05) is 44.9 Å². The number of aliphatic hydroxyl groups excluding tert-OH is 1. The Hall–Kier alpha value is -1.81. The van der Waals surface area contributed by atoms with Crippen molar-refractivity contribution in [3.63, 3.8) is 0 Å². The van der Waals surface area contributed by atoms with Gasteiger partial charge in [-0.05, 0) is 72.6 Å². The standard InChI is InChI=1S/C27H41N2O3P/c1-19(2)25-17-8-20(3)18-26(25)32-33(31,24-15-13-23(14-16-24)29(6)7)27(30)21-9-11-22(12-10-21)28(4)5/h9-16,19-20,25-27,30H,8,17-18H2,1-7H3/t20-,25+,26+,27-,33+/m0/s1. The highest BCUT2D eigenvalue weighted by atomic mass is 31.2. The fourth-order valence-electron chi connectivity index (χ4n) is 4.80. The molecule has 2 aromatic rings. The van der Waals surface area contributed by atoms with Gasteiger partial charge in [-0.3, -0.25) is 4.57 Å². The van der Waals surface area contributed by atoms with Gasteiger partial charge < -0.3 is 19.4 Å². The molecule has 0 unspecified atom stereocenters. The summed E-state index contributed by atoms with van der Waals surface area (Å²) < 4.78 is 21.2. The van der Waals surface area contributed by atoms with Crippen LogP contribution in [0.5, 0.6) is 0 Å². The number of benzene rings is 2. The van der Waals surface area contributed by atoms with Crippen molar-refractivity contribution in [1.82, 2.24) is 0 Å². The van der Waals surface area contributed by atoms with Crippen LogP contribution in [0.25, 0.3) is 0 Å². The molecule has 5 nitrogen and oxygen atoms in total. The first kappa shape index (κ1) is 25.8. The molecule has 0 bridgehead atoms. The van der Waals surface area contributed by atoms with Gasteiger partial charge in [0.1, 0.15) is 0 Å². The summed E-state index contributed by atoms with van der Waals surface area (Å²) in [6.07, 6.45) is 2.97. The van der Waals surface area contributed by atoms with Crippen LogP contribution in [-0.4, -0.2) is 39.4 Å². The van der Waals surface area contributed by atoms with Gasteiger partial charge in [0.05, 0.1) is 6.10 Å². The fraction of sp³-hybridized carbons (Fsp3) is 0.556. The number of nitrogens with zero attached hydrogens (tertiary/aromatic N) is 2. The average Bonchev–Trinajstić information content (AvgIpc) is 2.78. The maximum atomic E-state index is 14.7. The lowest BCUT2D eigenvalue weighted by Crippen LogP contribution is -2.35. The van der Waals surface area contributed by atoms with Crippen LogP contribution in [0.3, 0.4) is 0 Å². The third-order valence-corrected chi connectivity index (χ3v) is 9.55. The van der Waals surface area contributed by atoms with Crippen molar-refractivity contribution in [2.75, 3.05) is 38.0 Å². The van der Waals surface area contributed by atoms with Gasteiger partial charge >= 0.3 is 0 Å². The molecule has 33 heavy (non-hydrogen) atoms. The average molecular weight is 473 g/mol. The van der Waals surface area contributed by atoms with Gasteiger partial charge in [0.15, 0.2) is 5.85 Å². The summed E-state index contributed by atoms with van der Waals surface area (Å²) in [5, 5.41) is 12.1. The van der Waals surface area contributed by atoms with Crippen LogP contribution in [-0.2, 0) is 9.09 Å². The van der Waals surface area contributed by atoms with E-state index in [0.717, 1.165) is 24.2 Å². The molecule has 2 aromatic carbocycles. The molecule has 1 N–H and O–H groups in total. The van der Waals surface area contributed by atoms with Crippen LogP contribution in [0.2, 0.25) is 0 Å². The number of hydrogen-bond acceptors (Lipinski definition) is 5. The zero-order chi connectivity index (χ0) is 24.3. The molecule has 0 radical (unpaired) electrons. The van der Waals surface area contributed by atoms with Gasteiger partial charge in [-0.2, -0.15) is 0 Å². The molecular formula is C27H41N2O3P. The molecule has 0 amide bonds. The minimum atomic E-state index is -3.62. The van der Waals surface area contributed by atoms with Gasteiger partial charge in [0.2, 0.25) is 0 Å². The van der Waals surface area contributed by atoms with Crippen molar-refractivity contribution in [1.29, 1.82) is 0 Å². The van der Waals surface area contributed by atoms with Crippen molar-refractivity contribution in [3.8, 4) is 0 Å². The highest BCUT2D eigenvalue weighted by Crippen LogP contribution is 2.60. The second-order valence-electron chi connectivity index (χ2n) is 10.3. The molecule has 1 aliphatic carbocycles. The Morgan fingerprint density at radius 1 is 0.909 bits per heavy atom. The molecule has 0 aliphatic heterocycles. The van der Waals surface area contributed by atoms with E-state index < -0.39 is 13.2 Å². The summed E-state index contributed by atoms with van der Waals surface area (Å²) in [4.78, 5) is 4.01. The summed E-state index contributed by atoms with van der Waals surface area (Å²) >= 11 is 0. The van der Waals surface area contributed by atoms with Crippen LogP contribution in [0.15, 0.2) is 48.5 Å². The number of rotatable bonds is 8. The molecule has 1 saturated carbocycles. The maximum absolute atomic E-state index is 14.7. The van der Waals surface area contributed by atoms with E-state index in [9.17, 15) is 9.67 Å². The Labute approximate surface area is 200 Å². The van der Waals surface area contributed by atoms with Crippen molar-refractivity contribution in [2.24, 2.45) is 17.8 Å². The summed E-state index contributed by atoms with van der Waals surface area (Å²) in [6.45, 7) is 6.66. The largest absolute Gasteiger partial charge is 0.378 e.